The summed E-state index contributed by atoms with van der Waals surface area (Å²) in [5, 5.41) is 9.85. The zero-order valence-corrected chi connectivity index (χ0v) is 18.1. The number of benzene rings is 1. The van der Waals surface area contributed by atoms with Crippen LogP contribution in [0.4, 0.5) is 0 Å². The predicted octanol–water partition coefficient (Wildman–Crippen LogP) is 4.92. The minimum absolute atomic E-state index is 0.331. The van der Waals surface area contributed by atoms with E-state index in [-0.39, 0.29) is 0 Å². The lowest BCUT2D eigenvalue weighted by molar-refractivity contribution is -0.132. The van der Waals surface area contributed by atoms with Gasteiger partial charge in [0, 0.05) is 38.1 Å². The molecule has 1 aromatic carbocycles. The summed E-state index contributed by atoms with van der Waals surface area (Å²) in [6.45, 7) is 4.90. The SMILES string of the molecule is CCC(=O)N(CCN1C2CCC1CC(c1cccc(O)c1)C2)CC1CCCCC1. The molecule has 0 spiro atoms. The molecule has 2 bridgehead atoms. The average Bonchev–Trinajstić information content (AvgIpc) is 2.98. The van der Waals surface area contributed by atoms with E-state index >= 15 is 0 Å². The third-order valence-corrected chi connectivity index (χ3v) is 7.71. The normalized spacial score (nSPS) is 27.8. The number of phenols is 1. The highest BCUT2D eigenvalue weighted by Gasteiger charge is 2.41. The van der Waals surface area contributed by atoms with Crippen molar-refractivity contribution >= 4 is 5.91 Å². The number of carbonyl (C=O) groups excluding carboxylic acids is 1. The summed E-state index contributed by atoms with van der Waals surface area (Å²) >= 11 is 0. The van der Waals surface area contributed by atoms with E-state index in [1.807, 2.05) is 19.1 Å². The van der Waals surface area contributed by atoms with Crippen LogP contribution in [-0.4, -0.2) is 52.5 Å². The molecular weight excluding hydrogens is 360 g/mol. The first-order valence-corrected chi connectivity index (χ1v) is 12.0. The van der Waals surface area contributed by atoms with Crippen LogP contribution in [0.1, 0.15) is 82.6 Å². The Hall–Kier alpha value is -1.55. The van der Waals surface area contributed by atoms with Crippen molar-refractivity contribution in [1.29, 1.82) is 0 Å². The summed E-state index contributed by atoms with van der Waals surface area (Å²) in [4.78, 5) is 17.5. The van der Waals surface area contributed by atoms with Crippen LogP contribution < -0.4 is 0 Å². The standard InChI is InChI=1S/C25H38N2O2/c1-2-25(29)26(18-19-7-4-3-5-8-19)13-14-27-22-11-12-23(27)16-21(15-22)20-9-6-10-24(28)17-20/h6,9-10,17,19,21-23,28H,2-5,7-8,11-16,18H2,1H3. The first kappa shape index (κ1) is 20.7. The van der Waals surface area contributed by atoms with Crippen molar-refractivity contribution in [2.45, 2.75) is 89.1 Å². The molecule has 0 aromatic heterocycles. The first-order valence-electron chi connectivity index (χ1n) is 12.0. The van der Waals surface area contributed by atoms with Gasteiger partial charge in [-0.3, -0.25) is 9.69 Å². The van der Waals surface area contributed by atoms with Crippen LogP contribution in [-0.2, 0) is 4.79 Å². The Balaban J connectivity index is 1.34. The number of aromatic hydroxyl groups is 1. The monoisotopic (exact) mass is 398 g/mol. The van der Waals surface area contributed by atoms with E-state index in [1.54, 1.807) is 6.07 Å². The number of hydrogen-bond acceptors (Lipinski definition) is 3. The van der Waals surface area contributed by atoms with Crippen molar-refractivity contribution in [2.24, 2.45) is 5.92 Å². The smallest absolute Gasteiger partial charge is 0.222 e. The molecule has 3 aliphatic rings. The molecule has 1 aromatic rings. The van der Waals surface area contributed by atoms with Gasteiger partial charge in [-0.1, -0.05) is 38.3 Å². The van der Waals surface area contributed by atoms with Crippen LogP contribution in [0.15, 0.2) is 24.3 Å². The van der Waals surface area contributed by atoms with E-state index in [1.165, 1.54) is 63.4 Å². The molecule has 2 saturated heterocycles. The molecule has 3 fully saturated rings. The summed E-state index contributed by atoms with van der Waals surface area (Å²) in [6, 6.07) is 9.12. The fourth-order valence-corrected chi connectivity index (χ4v) is 6.15. The minimum atomic E-state index is 0.331. The number of hydrogen-bond donors (Lipinski definition) is 1. The second-order valence-corrected chi connectivity index (χ2v) is 9.58. The maximum absolute atomic E-state index is 12.6. The molecule has 4 rings (SSSR count). The zero-order valence-electron chi connectivity index (χ0n) is 18.1. The molecular formula is C25H38N2O2. The largest absolute Gasteiger partial charge is 0.508 e. The molecule has 2 unspecified atom stereocenters. The number of piperidine rings is 1. The Morgan fingerprint density at radius 1 is 1.10 bits per heavy atom. The topological polar surface area (TPSA) is 43.8 Å². The number of amides is 1. The average molecular weight is 399 g/mol. The predicted molar refractivity (Wildman–Crippen MR) is 117 cm³/mol. The van der Waals surface area contributed by atoms with Crippen molar-refractivity contribution in [3.8, 4) is 5.75 Å². The van der Waals surface area contributed by atoms with Gasteiger partial charge in [0.05, 0.1) is 0 Å². The van der Waals surface area contributed by atoms with Gasteiger partial charge < -0.3 is 10.0 Å². The first-order chi connectivity index (χ1) is 14.1. The number of phenolic OH excluding ortho intramolecular Hbond substituents is 1. The quantitative estimate of drug-likeness (QED) is 0.709. The molecule has 1 N–H and O–H groups in total. The fourth-order valence-electron chi connectivity index (χ4n) is 6.15. The maximum atomic E-state index is 12.6. The molecule has 2 heterocycles. The molecule has 2 atom stereocenters. The van der Waals surface area contributed by atoms with Crippen LogP contribution in [0.2, 0.25) is 0 Å². The van der Waals surface area contributed by atoms with Crippen molar-refractivity contribution in [2.75, 3.05) is 19.6 Å². The van der Waals surface area contributed by atoms with Gasteiger partial charge in [-0.05, 0) is 68.1 Å². The van der Waals surface area contributed by atoms with Crippen LogP contribution in [0.5, 0.6) is 5.75 Å². The summed E-state index contributed by atoms with van der Waals surface area (Å²) in [6.07, 6.45) is 12.2. The van der Waals surface area contributed by atoms with Gasteiger partial charge in [-0.15, -0.1) is 0 Å². The van der Waals surface area contributed by atoms with E-state index < -0.39 is 0 Å². The van der Waals surface area contributed by atoms with E-state index in [9.17, 15) is 9.90 Å². The zero-order chi connectivity index (χ0) is 20.2. The van der Waals surface area contributed by atoms with Crippen LogP contribution in [0, 0.1) is 5.92 Å². The van der Waals surface area contributed by atoms with Crippen LogP contribution in [0.3, 0.4) is 0 Å². The molecule has 1 saturated carbocycles. The number of carbonyl (C=O) groups is 1. The third-order valence-electron chi connectivity index (χ3n) is 7.71. The van der Waals surface area contributed by atoms with Gasteiger partial charge in [0.25, 0.3) is 0 Å². The van der Waals surface area contributed by atoms with E-state index in [2.05, 4.69) is 15.9 Å². The summed E-state index contributed by atoms with van der Waals surface area (Å²) < 4.78 is 0. The third kappa shape index (κ3) is 4.96. The van der Waals surface area contributed by atoms with E-state index in [0.717, 1.165) is 19.6 Å². The summed E-state index contributed by atoms with van der Waals surface area (Å²) in [7, 11) is 0. The Morgan fingerprint density at radius 3 is 2.48 bits per heavy atom. The second-order valence-electron chi connectivity index (χ2n) is 9.58. The summed E-state index contributed by atoms with van der Waals surface area (Å²) in [5.41, 5.74) is 1.29. The molecule has 160 valence electrons. The molecule has 1 amide bonds. The van der Waals surface area contributed by atoms with Gasteiger partial charge in [-0.2, -0.15) is 0 Å². The van der Waals surface area contributed by atoms with Gasteiger partial charge in [-0.25, -0.2) is 0 Å². The highest BCUT2D eigenvalue weighted by Crippen LogP contribution is 2.43. The van der Waals surface area contributed by atoms with E-state index in [4.69, 9.17) is 0 Å². The van der Waals surface area contributed by atoms with Gasteiger partial charge in [0.15, 0.2) is 0 Å². The van der Waals surface area contributed by atoms with E-state index in [0.29, 0.717) is 42.0 Å². The number of rotatable bonds is 7. The Morgan fingerprint density at radius 2 is 1.83 bits per heavy atom. The van der Waals surface area contributed by atoms with Gasteiger partial charge >= 0.3 is 0 Å². The molecule has 4 heteroatoms. The number of fused-ring (bicyclic) bond motifs is 2. The fraction of sp³-hybridized carbons (Fsp3) is 0.720. The van der Waals surface area contributed by atoms with Crippen molar-refractivity contribution in [3.63, 3.8) is 0 Å². The van der Waals surface area contributed by atoms with Crippen molar-refractivity contribution < 1.29 is 9.90 Å². The minimum Gasteiger partial charge on any atom is -0.508 e. The summed E-state index contributed by atoms with van der Waals surface area (Å²) in [5.74, 6) is 1.99. The molecule has 0 radical (unpaired) electrons. The maximum Gasteiger partial charge on any atom is 0.222 e. The molecule has 4 nitrogen and oxygen atoms in total. The lowest BCUT2D eigenvalue weighted by atomic mass is 9.85. The number of nitrogens with zero attached hydrogens (tertiary/aromatic N) is 2. The second kappa shape index (κ2) is 9.51. The highest BCUT2D eigenvalue weighted by atomic mass is 16.3. The lowest BCUT2D eigenvalue weighted by Gasteiger charge is -2.40. The van der Waals surface area contributed by atoms with Crippen molar-refractivity contribution in [3.05, 3.63) is 29.8 Å². The Kier molecular flexibility index (Phi) is 6.79. The van der Waals surface area contributed by atoms with Gasteiger partial charge in [0.1, 0.15) is 5.75 Å². The van der Waals surface area contributed by atoms with Crippen molar-refractivity contribution in [1.82, 2.24) is 9.80 Å². The van der Waals surface area contributed by atoms with Gasteiger partial charge in [0.2, 0.25) is 5.91 Å². The Labute approximate surface area is 176 Å². The lowest BCUT2D eigenvalue weighted by Crippen LogP contribution is -2.47. The van der Waals surface area contributed by atoms with Crippen LogP contribution in [0.25, 0.3) is 0 Å². The molecule has 2 aliphatic heterocycles. The molecule has 29 heavy (non-hydrogen) atoms. The highest BCUT2D eigenvalue weighted by molar-refractivity contribution is 5.75. The Bertz CT molecular complexity index is 671. The molecule has 1 aliphatic carbocycles. The van der Waals surface area contributed by atoms with Crippen LogP contribution >= 0.6 is 0 Å².